The molecule has 0 N–H and O–H groups in total. The van der Waals surface area contributed by atoms with E-state index in [4.69, 9.17) is 15.0 Å². The van der Waals surface area contributed by atoms with Crippen LogP contribution in [0.1, 0.15) is 61.1 Å². The van der Waals surface area contributed by atoms with Crippen LogP contribution in [0.25, 0.3) is 62.0 Å². The lowest BCUT2D eigenvalue weighted by Gasteiger charge is -2.47. The number of rotatable bonds is 6. The molecule has 0 fully saturated rings. The first kappa shape index (κ1) is 35.4. The quantitative estimate of drug-likeness (QED) is 0.170. The van der Waals surface area contributed by atoms with E-state index in [0.29, 0.717) is 17.5 Å². The van der Waals surface area contributed by atoms with Gasteiger partial charge in [-0.25, -0.2) is 15.0 Å². The van der Waals surface area contributed by atoms with Crippen molar-refractivity contribution in [1.29, 1.82) is 0 Å². The Kier molecular flexibility index (Phi) is 8.49. The van der Waals surface area contributed by atoms with E-state index in [1.165, 1.54) is 55.7 Å². The number of fused-ring (bicyclic) bond motifs is 6. The molecule has 2 aliphatic carbocycles. The highest BCUT2D eigenvalue weighted by atomic mass is 15.0. The summed E-state index contributed by atoms with van der Waals surface area (Å²) >= 11 is 0. The van der Waals surface area contributed by atoms with Gasteiger partial charge in [0, 0.05) is 22.1 Å². The van der Waals surface area contributed by atoms with Crippen LogP contribution in [0.4, 0.5) is 0 Å². The lowest BCUT2D eigenvalue weighted by Crippen LogP contribution is -2.40. The molecule has 0 radical (unpaired) electrons. The Balaban J connectivity index is 1.03. The number of hydrogen-bond donors (Lipinski definition) is 0. The van der Waals surface area contributed by atoms with Crippen LogP contribution in [0.15, 0.2) is 194 Å². The Morgan fingerprint density at radius 1 is 0.397 bits per heavy atom. The molecular formula is C55H43N3. The van der Waals surface area contributed by atoms with Crippen molar-refractivity contribution < 1.29 is 0 Å². The molecule has 0 atom stereocenters. The second-order valence-corrected chi connectivity index (χ2v) is 16.0. The zero-order valence-electron chi connectivity index (χ0n) is 33.2. The van der Waals surface area contributed by atoms with Crippen LogP contribution in [-0.4, -0.2) is 15.0 Å². The number of hydrogen-bond acceptors (Lipinski definition) is 3. The minimum absolute atomic E-state index is 0.106. The van der Waals surface area contributed by atoms with Gasteiger partial charge in [-0.15, -0.1) is 0 Å². The van der Waals surface area contributed by atoms with Crippen LogP contribution in [0.3, 0.4) is 0 Å². The molecule has 0 saturated carbocycles. The van der Waals surface area contributed by atoms with Gasteiger partial charge < -0.3 is 0 Å². The first-order valence-electron chi connectivity index (χ1n) is 20.1. The topological polar surface area (TPSA) is 38.7 Å². The Bertz CT molecular complexity index is 2810. The highest BCUT2D eigenvalue weighted by molar-refractivity contribution is 5.93. The first-order valence-corrected chi connectivity index (χ1v) is 20.1. The summed E-state index contributed by atoms with van der Waals surface area (Å²) in [6.45, 7) is 9.23. The van der Waals surface area contributed by atoms with Gasteiger partial charge in [-0.1, -0.05) is 190 Å². The fourth-order valence-electron chi connectivity index (χ4n) is 9.59. The molecule has 0 saturated heterocycles. The smallest absolute Gasteiger partial charge is 0.164 e. The molecule has 0 aliphatic heterocycles. The average Bonchev–Trinajstić information content (AvgIpc) is 3.53. The van der Waals surface area contributed by atoms with E-state index in [0.717, 1.165) is 27.8 Å². The summed E-state index contributed by atoms with van der Waals surface area (Å²) in [7, 11) is 0. The average molecular weight is 746 g/mol. The van der Waals surface area contributed by atoms with Gasteiger partial charge in [0.25, 0.3) is 0 Å². The van der Waals surface area contributed by atoms with E-state index in [1.807, 2.05) is 60.7 Å². The highest BCUT2D eigenvalue weighted by Crippen LogP contribution is 2.61. The van der Waals surface area contributed by atoms with Gasteiger partial charge in [0.15, 0.2) is 17.5 Å². The van der Waals surface area contributed by atoms with Crippen LogP contribution in [0, 0.1) is 0 Å². The Morgan fingerprint density at radius 3 is 1.36 bits per heavy atom. The minimum Gasteiger partial charge on any atom is -0.208 e. The van der Waals surface area contributed by atoms with E-state index < -0.39 is 0 Å². The fraction of sp³-hybridized carbons (Fsp3) is 0.109. The molecule has 1 heterocycles. The zero-order chi connectivity index (χ0) is 39.4. The largest absolute Gasteiger partial charge is 0.208 e. The maximum Gasteiger partial charge on any atom is 0.164 e. The predicted octanol–water partition coefficient (Wildman–Crippen LogP) is 13.5. The molecule has 1 aromatic heterocycles. The Hall–Kier alpha value is -6.97. The molecule has 3 nitrogen and oxygen atoms in total. The van der Waals surface area contributed by atoms with Gasteiger partial charge in [0.1, 0.15) is 0 Å². The SMILES string of the molecule is C/C=C\C1=C(C)C2(c3ccc(-c4ccc(-c5cccc(-c6nc(-c7ccccc7)nc(-c7ccccc7)n6)c5)cc4)cc31)c1ccccc1C(C)(C)c1ccccc12. The number of aromatic nitrogens is 3. The van der Waals surface area contributed by atoms with Gasteiger partial charge in [0.2, 0.25) is 0 Å². The second kappa shape index (κ2) is 13.9. The van der Waals surface area contributed by atoms with Crippen LogP contribution >= 0.6 is 0 Å². The maximum absolute atomic E-state index is 4.97. The lowest BCUT2D eigenvalue weighted by molar-refractivity contribution is 0.558. The van der Waals surface area contributed by atoms with Crippen LogP contribution in [0.2, 0.25) is 0 Å². The third-order valence-electron chi connectivity index (χ3n) is 12.4. The van der Waals surface area contributed by atoms with Gasteiger partial charge in [-0.05, 0) is 92.8 Å². The van der Waals surface area contributed by atoms with Crippen molar-refractivity contribution in [3.63, 3.8) is 0 Å². The normalized spacial score (nSPS) is 14.7. The molecule has 0 bridgehead atoms. The summed E-state index contributed by atoms with van der Waals surface area (Å²) in [5.41, 5.74) is 17.9. The Labute approximate surface area is 341 Å². The lowest BCUT2D eigenvalue weighted by atomic mass is 9.55. The van der Waals surface area contributed by atoms with E-state index in [1.54, 1.807) is 0 Å². The number of benzene rings is 7. The predicted molar refractivity (Wildman–Crippen MR) is 239 cm³/mol. The third-order valence-corrected chi connectivity index (χ3v) is 12.4. The van der Waals surface area contributed by atoms with Crippen LogP contribution < -0.4 is 0 Å². The fourth-order valence-corrected chi connectivity index (χ4v) is 9.59. The number of nitrogens with zero attached hydrogens (tertiary/aromatic N) is 3. The Morgan fingerprint density at radius 2 is 0.828 bits per heavy atom. The summed E-state index contributed by atoms with van der Waals surface area (Å²) in [6, 6.07) is 63.1. The molecule has 0 unspecified atom stereocenters. The van der Waals surface area contributed by atoms with E-state index >= 15 is 0 Å². The van der Waals surface area contributed by atoms with Gasteiger partial charge in [0.05, 0.1) is 5.41 Å². The van der Waals surface area contributed by atoms with Crippen molar-refractivity contribution >= 4 is 5.57 Å². The van der Waals surface area contributed by atoms with Gasteiger partial charge in [-0.3, -0.25) is 0 Å². The maximum atomic E-state index is 4.97. The molecule has 7 aromatic carbocycles. The zero-order valence-corrected chi connectivity index (χ0v) is 33.2. The summed E-state index contributed by atoms with van der Waals surface area (Å²) in [6.07, 6.45) is 4.50. The van der Waals surface area contributed by atoms with Crippen LogP contribution in [-0.2, 0) is 10.8 Å². The molecule has 8 aromatic rings. The molecule has 1 spiro atoms. The van der Waals surface area contributed by atoms with Crippen LogP contribution in [0.5, 0.6) is 0 Å². The second-order valence-electron chi connectivity index (χ2n) is 16.0. The van der Waals surface area contributed by atoms with Crippen molar-refractivity contribution in [3.05, 3.63) is 227 Å². The van der Waals surface area contributed by atoms with E-state index in [9.17, 15) is 0 Å². The summed E-state index contributed by atoms with van der Waals surface area (Å²) in [4.78, 5) is 14.8. The van der Waals surface area contributed by atoms with Crippen molar-refractivity contribution in [3.8, 4) is 56.4 Å². The monoisotopic (exact) mass is 745 g/mol. The molecule has 2 aliphatic rings. The number of allylic oxidation sites excluding steroid dienone is 4. The van der Waals surface area contributed by atoms with Gasteiger partial charge >= 0.3 is 0 Å². The third kappa shape index (κ3) is 5.53. The van der Waals surface area contributed by atoms with Crippen molar-refractivity contribution in [2.24, 2.45) is 0 Å². The summed E-state index contributed by atoms with van der Waals surface area (Å²) < 4.78 is 0. The van der Waals surface area contributed by atoms with Crippen molar-refractivity contribution in [2.75, 3.05) is 0 Å². The first-order chi connectivity index (χ1) is 28.4. The van der Waals surface area contributed by atoms with Crippen molar-refractivity contribution in [1.82, 2.24) is 15.0 Å². The van der Waals surface area contributed by atoms with Gasteiger partial charge in [-0.2, -0.15) is 0 Å². The standard InChI is InChI=1S/C55H43N3/c1-5-17-44-36(2)55(49-26-14-12-24-47(49)54(3,4)48-25-13-15-27-50(48)55)46-33-32-42(35-45(44)46)38-30-28-37(29-31-38)41-22-16-23-43(34-41)53-57-51(39-18-8-6-9-19-39)56-52(58-53)40-20-10-7-11-21-40/h5-35H,1-4H3/b17-5-. The highest BCUT2D eigenvalue weighted by Gasteiger charge is 2.52. The van der Waals surface area contributed by atoms with E-state index in [2.05, 4.69) is 155 Å². The molecule has 10 rings (SSSR count). The van der Waals surface area contributed by atoms with E-state index in [-0.39, 0.29) is 10.8 Å². The molecular weight excluding hydrogens is 703 g/mol. The minimum atomic E-state index is -0.359. The molecule has 3 heteroatoms. The molecule has 278 valence electrons. The van der Waals surface area contributed by atoms with Crippen molar-refractivity contribution in [2.45, 2.75) is 38.5 Å². The molecule has 58 heavy (non-hydrogen) atoms. The molecule has 0 amide bonds. The summed E-state index contributed by atoms with van der Waals surface area (Å²) in [5.74, 6) is 1.96. The summed E-state index contributed by atoms with van der Waals surface area (Å²) in [5, 5.41) is 0.